The fourth-order valence-electron chi connectivity index (χ4n) is 4.34. The summed E-state index contributed by atoms with van der Waals surface area (Å²) < 4.78 is 0. The maximum Gasteiger partial charge on any atom is 0.243 e. The standard InChI is InChI=1S/C25H30N4O3S2/c1-14(2)21(24-28-15(3)12-33-24)25(32)29-11-19(30)9-20(29)23(31)26-10-17-5-7-18(8-6-17)22-16(4)27-13-34-22/h5-8,12-14,19-21,30H,9-11H2,1-4H3,(H,26,31)/t19-,20+,21?/m1/s1. The summed E-state index contributed by atoms with van der Waals surface area (Å²) in [6, 6.07) is 7.34. The summed E-state index contributed by atoms with van der Waals surface area (Å²) >= 11 is 3.07. The van der Waals surface area contributed by atoms with Crippen molar-refractivity contribution >= 4 is 34.5 Å². The Morgan fingerprint density at radius 2 is 1.94 bits per heavy atom. The molecule has 2 amide bonds. The molecule has 34 heavy (non-hydrogen) atoms. The van der Waals surface area contributed by atoms with Gasteiger partial charge in [-0.15, -0.1) is 22.7 Å². The second-order valence-corrected chi connectivity index (χ2v) is 10.9. The van der Waals surface area contributed by atoms with Crippen molar-refractivity contribution in [1.82, 2.24) is 20.2 Å². The molecular formula is C25H30N4O3S2. The zero-order valence-electron chi connectivity index (χ0n) is 19.8. The first-order valence-corrected chi connectivity index (χ1v) is 13.2. The van der Waals surface area contributed by atoms with E-state index in [0.29, 0.717) is 6.54 Å². The van der Waals surface area contributed by atoms with Crippen LogP contribution in [0.4, 0.5) is 0 Å². The third kappa shape index (κ3) is 5.21. The Morgan fingerprint density at radius 1 is 1.21 bits per heavy atom. The summed E-state index contributed by atoms with van der Waals surface area (Å²) in [5.74, 6) is -0.794. The molecule has 3 heterocycles. The molecule has 0 bridgehead atoms. The van der Waals surface area contributed by atoms with Crippen molar-refractivity contribution in [2.75, 3.05) is 6.54 Å². The van der Waals surface area contributed by atoms with E-state index in [9.17, 15) is 14.7 Å². The second kappa shape index (κ2) is 10.3. The summed E-state index contributed by atoms with van der Waals surface area (Å²) in [6.07, 6.45) is -0.476. The van der Waals surface area contributed by atoms with E-state index in [1.54, 1.807) is 11.3 Å². The highest BCUT2D eigenvalue weighted by Gasteiger charge is 2.42. The fraction of sp³-hybridized carbons (Fsp3) is 0.440. The number of thiazole rings is 2. The highest BCUT2D eigenvalue weighted by atomic mass is 32.1. The Kier molecular flexibility index (Phi) is 7.45. The van der Waals surface area contributed by atoms with Gasteiger partial charge in [0.25, 0.3) is 0 Å². The van der Waals surface area contributed by atoms with E-state index in [-0.39, 0.29) is 30.7 Å². The predicted octanol–water partition coefficient (Wildman–Crippen LogP) is 3.90. The van der Waals surface area contributed by atoms with Crippen LogP contribution in [-0.2, 0) is 16.1 Å². The van der Waals surface area contributed by atoms with E-state index in [0.717, 1.165) is 32.4 Å². The second-order valence-electron chi connectivity index (χ2n) is 9.13. The number of carbonyl (C=O) groups excluding carboxylic acids is 2. The molecule has 9 heteroatoms. The summed E-state index contributed by atoms with van der Waals surface area (Å²) in [5.41, 5.74) is 5.78. The number of aliphatic hydroxyl groups excluding tert-OH is 1. The molecule has 7 nitrogen and oxygen atoms in total. The number of nitrogens with zero attached hydrogens (tertiary/aromatic N) is 3. The van der Waals surface area contributed by atoms with Crippen molar-refractivity contribution in [1.29, 1.82) is 0 Å². The van der Waals surface area contributed by atoms with Gasteiger partial charge in [0.1, 0.15) is 11.0 Å². The van der Waals surface area contributed by atoms with Gasteiger partial charge in [-0.3, -0.25) is 9.59 Å². The van der Waals surface area contributed by atoms with Crippen LogP contribution >= 0.6 is 22.7 Å². The van der Waals surface area contributed by atoms with Crippen LogP contribution in [-0.4, -0.2) is 50.5 Å². The smallest absolute Gasteiger partial charge is 0.243 e. The Labute approximate surface area is 207 Å². The van der Waals surface area contributed by atoms with Gasteiger partial charge in [-0.25, -0.2) is 9.97 Å². The predicted molar refractivity (Wildman–Crippen MR) is 135 cm³/mol. The number of hydrogen-bond donors (Lipinski definition) is 2. The number of benzene rings is 1. The number of aromatic nitrogens is 2. The molecule has 1 saturated heterocycles. The van der Waals surface area contributed by atoms with Crippen LogP contribution < -0.4 is 5.32 Å². The largest absolute Gasteiger partial charge is 0.391 e. The van der Waals surface area contributed by atoms with E-state index in [1.807, 2.05) is 62.9 Å². The minimum Gasteiger partial charge on any atom is -0.391 e. The van der Waals surface area contributed by atoms with E-state index < -0.39 is 18.1 Å². The van der Waals surface area contributed by atoms with Crippen LogP contribution in [0, 0.1) is 19.8 Å². The van der Waals surface area contributed by atoms with Crippen LogP contribution in [0.5, 0.6) is 0 Å². The third-order valence-electron chi connectivity index (χ3n) is 6.13. The number of β-amino-alcohol motifs (C(OH)–C–C–N with tert-alkyl or cyclic N) is 1. The van der Waals surface area contributed by atoms with Gasteiger partial charge in [-0.05, 0) is 30.9 Å². The molecular weight excluding hydrogens is 468 g/mol. The number of nitrogens with one attached hydrogen (secondary N) is 1. The maximum atomic E-state index is 13.5. The Balaban J connectivity index is 1.43. The average molecular weight is 499 g/mol. The quantitative estimate of drug-likeness (QED) is 0.515. The highest BCUT2D eigenvalue weighted by Crippen LogP contribution is 2.32. The number of rotatable bonds is 7. The Morgan fingerprint density at radius 3 is 2.53 bits per heavy atom. The third-order valence-corrected chi connectivity index (χ3v) is 8.15. The number of aliphatic hydroxyl groups is 1. The monoisotopic (exact) mass is 498 g/mol. The number of hydrogen-bond acceptors (Lipinski definition) is 7. The lowest BCUT2D eigenvalue weighted by molar-refractivity contribution is -0.140. The summed E-state index contributed by atoms with van der Waals surface area (Å²) in [4.78, 5) is 38.1. The van der Waals surface area contributed by atoms with Gasteiger partial charge in [0, 0.05) is 30.6 Å². The van der Waals surface area contributed by atoms with Gasteiger partial charge in [-0.1, -0.05) is 38.1 Å². The topological polar surface area (TPSA) is 95.4 Å². The number of carbonyl (C=O) groups is 2. The molecule has 1 fully saturated rings. The lowest BCUT2D eigenvalue weighted by Crippen LogP contribution is -2.48. The zero-order valence-corrected chi connectivity index (χ0v) is 21.4. The molecule has 180 valence electrons. The van der Waals surface area contributed by atoms with Crippen LogP contribution in [0.15, 0.2) is 35.2 Å². The van der Waals surface area contributed by atoms with E-state index in [4.69, 9.17) is 0 Å². The van der Waals surface area contributed by atoms with Crippen molar-refractivity contribution in [3.8, 4) is 10.4 Å². The van der Waals surface area contributed by atoms with Crippen molar-refractivity contribution in [3.05, 3.63) is 57.1 Å². The molecule has 0 aliphatic carbocycles. The van der Waals surface area contributed by atoms with Gasteiger partial charge < -0.3 is 15.3 Å². The molecule has 2 N–H and O–H groups in total. The highest BCUT2D eigenvalue weighted by molar-refractivity contribution is 7.13. The normalized spacial score (nSPS) is 18.9. The molecule has 1 unspecified atom stereocenters. The molecule has 3 atom stereocenters. The first kappa shape index (κ1) is 24.5. The number of aryl methyl sites for hydroxylation is 2. The van der Waals surface area contributed by atoms with E-state index in [1.165, 1.54) is 16.2 Å². The number of amides is 2. The molecule has 3 aromatic rings. The van der Waals surface area contributed by atoms with Gasteiger partial charge in [0.05, 0.1) is 28.1 Å². The minimum atomic E-state index is -0.715. The first-order chi connectivity index (χ1) is 16.2. The molecule has 0 saturated carbocycles. The summed E-state index contributed by atoms with van der Waals surface area (Å²) in [7, 11) is 0. The molecule has 1 aliphatic heterocycles. The first-order valence-electron chi connectivity index (χ1n) is 11.4. The molecule has 0 spiro atoms. The molecule has 1 aliphatic rings. The number of likely N-dealkylation sites (tertiary alicyclic amines) is 1. The van der Waals surface area contributed by atoms with E-state index in [2.05, 4.69) is 15.3 Å². The summed E-state index contributed by atoms with van der Waals surface area (Å²) in [6.45, 7) is 8.38. The average Bonchev–Trinajstić information content (AvgIpc) is 3.52. The Hall–Kier alpha value is -2.62. The SMILES string of the molecule is Cc1csc(C(C(=O)N2C[C@H](O)C[C@H]2C(=O)NCc2ccc(-c3scnc3C)cc2)C(C)C)n1. The zero-order chi connectivity index (χ0) is 24.4. The molecule has 1 aromatic carbocycles. The Bertz CT molecular complexity index is 1160. The van der Waals surface area contributed by atoms with Gasteiger partial charge >= 0.3 is 0 Å². The van der Waals surface area contributed by atoms with Crippen LogP contribution in [0.1, 0.15) is 48.1 Å². The van der Waals surface area contributed by atoms with Gasteiger partial charge in [-0.2, -0.15) is 0 Å². The fourth-order valence-corrected chi connectivity index (χ4v) is 6.21. The maximum absolute atomic E-state index is 13.5. The molecule has 0 radical (unpaired) electrons. The van der Waals surface area contributed by atoms with Gasteiger partial charge in [0.2, 0.25) is 11.8 Å². The minimum absolute atomic E-state index is 0.0280. The van der Waals surface area contributed by atoms with Crippen molar-refractivity contribution in [2.45, 2.75) is 58.7 Å². The molecule has 2 aromatic heterocycles. The van der Waals surface area contributed by atoms with Gasteiger partial charge in [0.15, 0.2) is 0 Å². The van der Waals surface area contributed by atoms with E-state index >= 15 is 0 Å². The summed E-state index contributed by atoms with van der Waals surface area (Å²) in [5, 5.41) is 15.9. The van der Waals surface area contributed by atoms with Crippen molar-refractivity contribution in [2.24, 2.45) is 5.92 Å². The van der Waals surface area contributed by atoms with Crippen molar-refractivity contribution in [3.63, 3.8) is 0 Å². The lowest BCUT2D eigenvalue weighted by Gasteiger charge is -2.29. The van der Waals surface area contributed by atoms with Crippen LogP contribution in [0.25, 0.3) is 10.4 Å². The van der Waals surface area contributed by atoms with Crippen LogP contribution in [0.3, 0.4) is 0 Å². The lowest BCUT2D eigenvalue weighted by atomic mass is 9.94. The van der Waals surface area contributed by atoms with Crippen molar-refractivity contribution < 1.29 is 14.7 Å². The molecule has 4 rings (SSSR count). The van der Waals surface area contributed by atoms with Crippen LogP contribution in [0.2, 0.25) is 0 Å².